The molecule has 4 nitrogen and oxygen atoms in total. The van der Waals surface area contributed by atoms with Gasteiger partial charge in [-0.05, 0) is 42.3 Å². The first-order valence-electron chi connectivity index (χ1n) is 7.21. The van der Waals surface area contributed by atoms with Crippen LogP contribution in [-0.4, -0.2) is 19.1 Å². The van der Waals surface area contributed by atoms with Gasteiger partial charge in [-0.2, -0.15) is 18.4 Å². The van der Waals surface area contributed by atoms with E-state index in [0.717, 1.165) is 28.9 Å². The highest BCUT2D eigenvalue weighted by Crippen LogP contribution is 2.29. The van der Waals surface area contributed by atoms with Gasteiger partial charge in [-0.1, -0.05) is 6.07 Å². The fourth-order valence-corrected chi connectivity index (χ4v) is 2.18. The van der Waals surface area contributed by atoms with Gasteiger partial charge in [0.15, 0.2) is 0 Å². The molecule has 0 unspecified atom stereocenters. The molecule has 0 bridgehead atoms. The summed E-state index contributed by atoms with van der Waals surface area (Å²) in [5.74, 6) is -0.0663. The highest BCUT2D eigenvalue weighted by Gasteiger charge is 2.33. The molecule has 2 rings (SSSR count). The predicted molar refractivity (Wildman–Crippen MR) is 86.8 cm³/mol. The van der Waals surface area contributed by atoms with Crippen molar-refractivity contribution in [1.29, 1.82) is 5.26 Å². The molecule has 0 atom stereocenters. The van der Waals surface area contributed by atoms with Gasteiger partial charge in [-0.3, -0.25) is 0 Å². The largest absolute Gasteiger partial charge is 0.433 e. The van der Waals surface area contributed by atoms with Crippen molar-refractivity contribution in [1.82, 2.24) is 4.98 Å². The van der Waals surface area contributed by atoms with Gasteiger partial charge in [0.25, 0.3) is 0 Å². The van der Waals surface area contributed by atoms with E-state index in [9.17, 15) is 13.2 Å². The van der Waals surface area contributed by atoms with Crippen LogP contribution in [-0.2, 0) is 12.7 Å². The van der Waals surface area contributed by atoms with Crippen molar-refractivity contribution in [2.24, 2.45) is 0 Å². The maximum atomic E-state index is 12.8. The monoisotopic (exact) mass is 334 g/mol. The Morgan fingerprint density at radius 3 is 2.46 bits per heavy atom. The molecule has 0 aliphatic carbocycles. The van der Waals surface area contributed by atoms with E-state index in [-0.39, 0.29) is 17.9 Å². The first-order valence-corrected chi connectivity index (χ1v) is 7.21. The number of aryl methyl sites for hydroxylation is 1. The summed E-state index contributed by atoms with van der Waals surface area (Å²) in [6.07, 6.45) is -4.55. The van der Waals surface area contributed by atoms with Crippen LogP contribution in [0.25, 0.3) is 0 Å². The van der Waals surface area contributed by atoms with E-state index in [0.29, 0.717) is 0 Å². The zero-order valence-electron chi connectivity index (χ0n) is 13.6. The van der Waals surface area contributed by atoms with Gasteiger partial charge in [0.1, 0.15) is 17.6 Å². The van der Waals surface area contributed by atoms with E-state index in [1.54, 1.807) is 0 Å². The molecule has 2 aromatic rings. The summed E-state index contributed by atoms with van der Waals surface area (Å²) in [5, 5.41) is 11.9. The Morgan fingerprint density at radius 1 is 1.21 bits per heavy atom. The Morgan fingerprint density at radius 2 is 1.92 bits per heavy atom. The maximum Gasteiger partial charge on any atom is 0.433 e. The van der Waals surface area contributed by atoms with Crippen molar-refractivity contribution in [3.8, 4) is 6.07 Å². The fourth-order valence-electron chi connectivity index (χ4n) is 2.18. The summed E-state index contributed by atoms with van der Waals surface area (Å²) in [4.78, 5) is 5.50. The number of nitrogens with zero attached hydrogens (tertiary/aromatic N) is 3. The standard InChI is InChI=1S/C17H17F3N4/c1-11-8-14(24(2)3)6-4-13(11)10-22-16-12(9-21)5-7-15(23-16)17(18,19)20/h4-8H,10H2,1-3H3,(H,22,23). The van der Waals surface area contributed by atoms with Crippen LogP contribution in [0.1, 0.15) is 22.4 Å². The number of nitrogens with one attached hydrogen (secondary N) is 1. The second-order valence-electron chi connectivity index (χ2n) is 5.56. The number of nitriles is 1. The Labute approximate surface area is 138 Å². The molecule has 126 valence electrons. The SMILES string of the molecule is Cc1cc(N(C)C)ccc1CNc1nc(C(F)(F)F)ccc1C#N. The van der Waals surface area contributed by atoms with Crippen LogP contribution in [0, 0.1) is 18.3 Å². The van der Waals surface area contributed by atoms with Gasteiger partial charge in [-0.15, -0.1) is 0 Å². The minimum atomic E-state index is -4.55. The number of hydrogen-bond donors (Lipinski definition) is 1. The smallest absolute Gasteiger partial charge is 0.378 e. The van der Waals surface area contributed by atoms with Gasteiger partial charge in [0.05, 0.1) is 5.56 Å². The van der Waals surface area contributed by atoms with Crippen molar-refractivity contribution in [3.63, 3.8) is 0 Å². The first-order chi connectivity index (χ1) is 11.2. The summed E-state index contributed by atoms with van der Waals surface area (Å²) < 4.78 is 38.3. The predicted octanol–water partition coefficient (Wildman–Crippen LogP) is 3.96. The zero-order chi connectivity index (χ0) is 17.9. The molecule has 0 aliphatic heterocycles. The number of alkyl halides is 3. The second-order valence-corrected chi connectivity index (χ2v) is 5.56. The molecule has 0 aliphatic rings. The molecule has 1 aromatic heterocycles. The lowest BCUT2D eigenvalue weighted by Crippen LogP contribution is -2.12. The van der Waals surface area contributed by atoms with Crippen molar-refractivity contribution in [3.05, 3.63) is 52.7 Å². The number of hydrogen-bond acceptors (Lipinski definition) is 4. The molecule has 0 saturated heterocycles. The van der Waals surface area contributed by atoms with Crippen LogP contribution in [0.4, 0.5) is 24.7 Å². The number of halogens is 3. The second kappa shape index (κ2) is 6.79. The lowest BCUT2D eigenvalue weighted by atomic mass is 10.1. The molecule has 24 heavy (non-hydrogen) atoms. The number of anilines is 2. The van der Waals surface area contributed by atoms with E-state index in [1.165, 1.54) is 0 Å². The topological polar surface area (TPSA) is 52.0 Å². The highest BCUT2D eigenvalue weighted by molar-refractivity contribution is 5.54. The summed E-state index contributed by atoms with van der Waals surface area (Å²) in [5.41, 5.74) is 2.00. The maximum absolute atomic E-state index is 12.8. The number of pyridine rings is 1. The van der Waals surface area contributed by atoms with Crippen LogP contribution < -0.4 is 10.2 Å². The van der Waals surface area contributed by atoms with Crippen LogP contribution in [0.15, 0.2) is 30.3 Å². The summed E-state index contributed by atoms with van der Waals surface area (Å²) in [6, 6.07) is 9.60. The molecule has 0 amide bonds. The van der Waals surface area contributed by atoms with Crippen LogP contribution in [0.2, 0.25) is 0 Å². The molecule has 1 aromatic carbocycles. The van der Waals surface area contributed by atoms with Gasteiger partial charge in [0, 0.05) is 26.3 Å². The van der Waals surface area contributed by atoms with Gasteiger partial charge >= 0.3 is 6.18 Å². The van der Waals surface area contributed by atoms with Crippen molar-refractivity contribution in [2.45, 2.75) is 19.6 Å². The molecule has 0 spiro atoms. The third-order valence-corrected chi connectivity index (χ3v) is 3.59. The van der Waals surface area contributed by atoms with E-state index in [2.05, 4.69) is 10.3 Å². The van der Waals surface area contributed by atoms with E-state index < -0.39 is 11.9 Å². The van der Waals surface area contributed by atoms with Crippen molar-refractivity contribution < 1.29 is 13.2 Å². The van der Waals surface area contributed by atoms with Gasteiger partial charge in [0.2, 0.25) is 0 Å². The molecule has 0 radical (unpaired) electrons. The van der Waals surface area contributed by atoms with Crippen LogP contribution in [0.5, 0.6) is 0 Å². The Bertz CT molecular complexity index is 776. The lowest BCUT2D eigenvalue weighted by molar-refractivity contribution is -0.141. The number of rotatable bonds is 4. The lowest BCUT2D eigenvalue weighted by Gasteiger charge is -2.16. The molecular weight excluding hydrogens is 317 g/mol. The Balaban J connectivity index is 2.24. The third kappa shape index (κ3) is 3.96. The van der Waals surface area contributed by atoms with Gasteiger partial charge in [-0.25, -0.2) is 4.98 Å². The third-order valence-electron chi connectivity index (χ3n) is 3.59. The molecular formula is C17H17F3N4. The quantitative estimate of drug-likeness (QED) is 0.919. The average Bonchev–Trinajstić information content (AvgIpc) is 2.52. The van der Waals surface area contributed by atoms with E-state index >= 15 is 0 Å². The minimum Gasteiger partial charge on any atom is -0.378 e. The molecule has 1 heterocycles. The Hall–Kier alpha value is -2.75. The zero-order valence-corrected chi connectivity index (χ0v) is 13.6. The highest BCUT2D eigenvalue weighted by atomic mass is 19.4. The summed E-state index contributed by atoms with van der Waals surface area (Å²) in [6.45, 7) is 2.21. The van der Waals surface area contributed by atoms with Crippen LogP contribution in [0.3, 0.4) is 0 Å². The van der Waals surface area contributed by atoms with Crippen molar-refractivity contribution >= 4 is 11.5 Å². The number of benzene rings is 1. The normalized spacial score (nSPS) is 11.0. The van der Waals surface area contributed by atoms with E-state index in [4.69, 9.17) is 5.26 Å². The first kappa shape index (κ1) is 17.6. The van der Waals surface area contributed by atoms with Crippen molar-refractivity contribution in [2.75, 3.05) is 24.3 Å². The Kier molecular flexibility index (Phi) is 4.98. The van der Waals surface area contributed by atoms with Crippen LogP contribution >= 0.6 is 0 Å². The molecule has 0 fully saturated rings. The average molecular weight is 334 g/mol. The van der Waals surface area contributed by atoms with E-state index in [1.807, 2.05) is 50.2 Å². The summed E-state index contributed by atoms with van der Waals surface area (Å²) in [7, 11) is 3.86. The fraction of sp³-hybridized carbons (Fsp3) is 0.294. The number of aromatic nitrogens is 1. The molecule has 1 N–H and O–H groups in total. The molecule has 0 saturated carbocycles. The molecule has 7 heteroatoms. The summed E-state index contributed by atoms with van der Waals surface area (Å²) >= 11 is 0. The van der Waals surface area contributed by atoms with Gasteiger partial charge < -0.3 is 10.2 Å². The minimum absolute atomic E-state index is 0.0663.